The highest BCUT2D eigenvalue weighted by Gasteiger charge is 2.36. The number of nitrogens with zero attached hydrogens (tertiary/aromatic N) is 2. The summed E-state index contributed by atoms with van der Waals surface area (Å²) in [5.74, 6) is 0.710. The Morgan fingerprint density at radius 3 is 2.23 bits per heavy atom. The summed E-state index contributed by atoms with van der Waals surface area (Å²) >= 11 is 0. The van der Waals surface area contributed by atoms with E-state index in [1.54, 1.807) is 7.11 Å². The molecular weight excluding hydrogens is 436 g/mol. The van der Waals surface area contributed by atoms with Gasteiger partial charge in [-0.1, -0.05) is 54.6 Å². The monoisotopic (exact) mass is 472 g/mol. The average molecular weight is 473 g/mol. The smallest absolute Gasteiger partial charge is 0.315 e. The summed E-state index contributed by atoms with van der Waals surface area (Å²) in [4.78, 5) is 17.6. The van der Waals surface area contributed by atoms with Crippen LogP contribution in [0.4, 0.5) is 5.69 Å². The van der Waals surface area contributed by atoms with Crippen LogP contribution in [0.1, 0.15) is 25.3 Å². The van der Waals surface area contributed by atoms with Crippen LogP contribution in [0.2, 0.25) is 0 Å². The molecule has 1 saturated heterocycles. The minimum atomic E-state index is -0.611. The maximum Gasteiger partial charge on any atom is 0.315 e. The van der Waals surface area contributed by atoms with Crippen LogP contribution in [0.25, 0.3) is 11.1 Å². The molecule has 0 aromatic heterocycles. The van der Waals surface area contributed by atoms with Crippen molar-refractivity contribution in [2.24, 2.45) is 0 Å². The molecule has 5 nitrogen and oxygen atoms in total. The van der Waals surface area contributed by atoms with Crippen LogP contribution in [-0.4, -0.2) is 57.8 Å². The fourth-order valence-electron chi connectivity index (χ4n) is 4.95. The first-order valence-corrected chi connectivity index (χ1v) is 12.4. The van der Waals surface area contributed by atoms with Gasteiger partial charge in [-0.2, -0.15) is 0 Å². The first kappa shape index (κ1) is 24.8. The molecule has 0 amide bonds. The van der Waals surface area contributed by atoms with Crippen molar-refractivity contribution in [3.05, 3.63) is 84.4 Å². The van der Waals surface area contributed by atoms with Crippen molar-refractivity contribution in [3.63, 3.8) is 0 Å². The molecule has 184 valence electrons. The lowest BCUT2D eigenvalue weighted by Crippen LogP contribution is -2.47. The van der Waals surface area contributed by atoms with Crippen molar-refractivity contribution in [3.8, 4) is 16.9 Å². The zero-order chi connectivity index (χ0) is 24.7. The van der Waals surface area contributed by atoms with Gasteiger partial charge >= 0.3 is 5.97 Å². The summed E-state index contributed by atoms with van der Waals surface area (Å²) in [6.45, 7) is 7.03. The number of benzene rings is 3. The standard InChI is InChI=1S/C30H36N2O3/c1-30(29(33)35-3,26-10-5-4-6-11-26)17-8-18-31-19-21-32(22-20-31)27-12-7-9-25(23-27)24-13-15-28(34-2)16-14-24/h4-7,9-16,23H,8,17-22H2,1-3H3. The quantitative estimate of drug-likeness (QED) is 0.390. The molecule has 0 saturated carbocycles. The van der Waals surface area contributed by atoms with E-state index < -0.39 is 5.41 Å². The molecule has 1 heterocycles. The average Bonchev–Trinajstić information content (AvgIpc) is 2.93. The number of anilines is 1. The highest BCUT2D eigenvalue weighted by molar-refractivity contribution is 5.82. The maximum absolute atomic E-state index is 12.6. The number of piperazine rings is 1. The number of methoxy groups -OCH3 is 2. The molecule has 0 spiro atoms. The molecule has 1 unspecified atom stereocenters. The number of hydrogen-bond donors (Lipinski definition) is 0. The molecule has 0 radical (unpaired) electrons. The fourth-order valence-corrected chi connectivity index (χ4v) is 4.95. The molecule has 35 heavy (non-hydrogen) atoms. The Morgan fingerprint density at radius 2 is 1.57 bits per heavy atom. The Bertz CT molecular complexity index is 1090. The topological polar surface area (TPSA) is 42.0 Å². The van der Waals surface area contributed by atoms with Crippen molar-refractivity contribution in [2.45, 2.75) is 25.2 Å². The second-order valence-electron chi connectivity index (χ2n) is 9.40. The Balaban J connectivity index is 1.31. The molecule has 5 heteroatoms. The van der Waals surface area contributed by atoms with Crippen LogP contribution in [0.3, 0.4) is 0 Å². The normalized spacial score (nSPS) is 15.9. The zero-order valence-corrected chi connectivity index (χ0v) is 21.1. The zero-order valence-electron chi connectivity index (χ0n) is 21.1. The summed E-state index contributed by atoms with van der Waals surface area (Å²) < 4.78 is 10.4. The van der Waals surface area contributed by atoms with Crippen LogP contribution in [0.15, 0.2) is 78.9 Å². The summed E-state index contributed by atoms with van der Waals surface area (Å²) in [5, 5.41) is 0. The highest BCUT2D eigenvalue weighted by atomic mass is 16.5. The first-order valence-electron chi connectivity index (χ1n) is 12.4. The number of hydrogen-bond acceptors (Lipinski definition) is 5. The van der Waals surface area contributed by atoms with E-state index in [2.05, 4.69) is 46.2 Å². The Hall–Kier alpha value is -3.31. The number of rotatable bonds is 9. The van der Waals surface area contributed by atoms with Gasteiger partial charge in [-0.05, 0) is 67.3 Å². The van der Waals surface area contributed by atoms with E-state index in [0.29, 0.717) is 0 Å². The molecule has 0 bridgehead atoms. The van der Waals surface area contributed by atoms with Crippen LogP contribution in [-0.2, 0) is 14.9 Å². The van der Waals surface area contributed by atoms with Crippen molar-refractivity contribution >= 4 is 11.7 Å². The molecule has 1 aliphatic heterocycles. The SMILES string of the molecule is COC(=O)C(C)(CCCN1CCN(c2cccc(-c3ccc(OC)cc3)c2)CC1)c1ccccc1. The lowest BCUT2D eigenvalue weighted by Gasteiger charge is -2.37. The van der Waals surface area contributed by atoms with E-state index >= 15 is 0 Å². The minimum absolute atomic E-state index is 0.162. The van der Waals surface area contributed by atoms with Gasteiger partial charge < -0.3 is 14.4 Å². The molecule has 1 atom stereocenters. The predicted molar refractivity (Wildman–Crippen MR) is 142 cm³/mol. The Kier molecular flexibility index (Phi) is 8.09. The second kappa shape index (κ2) is 11.4. The number of carbonyl (C=O) groups is 1. The van der Waals surface area contributed by atoms with Crippen molar-refractivity contribution in [2.75, 3.05) is 51.8 Å². The first-order chi connectivity index (χ1) is 17.0. The van der Waals surface area contributed by atoms with E-state index in [-0.39, 0.29) is 5.97 Å². The van der Waals surface area contributed by atoms with Gasteiger partial charge in [-0.3, -0.25) is 9.69 Å². The third-order valence-electron chi connectivity index (χ3n) is 7.20. The highest BCUT2D eigenvalue weighted by Crippen LogP contribution is 2.31. The predicted octanol–water partition coefficient (Wildman–Crippen LogP) is 5.40. The van der Waals surface area contributed by atoms with Crippen LogP contribution in [0.5, 0.6) is 5.75 Å². The van der Waals surface area contributed by atoms with Crippen molar-refractivity contribution < 1.29 is 14.3 Å². The minimum Gasteiger partial charge on any atom is -0.497 e. The van der Waals surface area contributed by atoms with Crippen molar-refractivity contribution in [1.29, 1.82) is 0 Å². The third kappa shape index (κ3) is 5.85. The van der Waals surface area contributed by atoms with Gasteiger partial charge in [0.2, 0.25) is 0 Å². The van der Waals surface area contributed by atoms with Gasteiger partial charge in [-0.25, -0.2) is 0 Å². The molecule has 0 N–H and O–H groups in total. The Labute approximate surface area is 209 Å². The van der Waals surface area contributed by atoms with Gasteiger partial charge in [-0.15, -0.1) is 0 Å². The molecule has 1 fully saturated rings. The summed E-state index contributed by atoms with van der Waals surface area (Å²) in [5.41, 5.74) is 4.09. The Morgan fingerprint density at radius 1 is 0.857 bits per heavy atom. The summed E-state index contributed by atoms with van der Waals surface area (Å²) in [7, 11) is 3.17. The maximum atomic E-state index is 12.6. The van der Waals surface area contributed by atoms with Gasteiger partial charge in [0.05, 0.1) is 19.6 Å². The number of ether oxygens (including phenoxy) is 2. The van der Waals surface area contributed by atoms with Crippen molar-refractivity contribution in [1.82, 2.24) is 4.90 Å². The third-order valence-corrected chi connectivity index (χ3v) is 7.20. The van der Waals surface area contributed by atoms with Crippen LogP contribution in [0, 0.1) is 0 Å². The van der Waals surface area contributed by atoms with E-state index in [1.165, 1.54) is 23.9 Å². The van der Waals surface area contributed by atoms with E-state index in [9.17, 15) is 4.79 Å². The summed E-state index contributed by atoms with van der Waals surface area (Å²) in [6, 6.07) is 27.0. The number of carbonyl (C=O) groups excluding carboxylic acids is 1. The van der Waals surface area contributed by atoms with E-state index in [0.717, 1.165) is 56.9 Å². The van der Waals surface area contributed by atoms with E-state index in [1.807, 2.05) is 49.4 Å². The summed E-state index contributed by atoms with van der Waals surface area (Å²) in [6.07, 6.45) is 1.72. The molecule has 1 aliphatic rings. The van der Waals surface area contributed by atoms with E-state index in [4.69, 9.17) is 9.47 Å². The lowest BCUT2D eigenvalue weighted by atomic mass is 9.78. The van der Waals surface area contributed by atoms with Crippen LogP contribution >= 0.6 is 0 Å². The van der Waals surface area contributed by atoms with Gasteiger partial charge in [0.1, 0.15) is 5.75 Å². The molecular formula is C30H36N2O3. The van der Waals surface area contributed by atoms with Gasteiger partial charge in [0.15, 0.2) is 0 Å². The number of esters is 1. The van der Waals surface area contributed by atoms with Gasteiger partial charge in [0.25, 0.3) is 0 Å². The second-order valence-corrected chi connectivity index (χ2v) is 9.40. The van der Waals surface area contributed by atoms with Gasteiger partial charge in [0, 0.05) is 31.9 Å². The van der Waals surface area contributed by atoms with Crippen LogP contribution < -0.4 is 9.64 Å². The lowest BCUT2D eigenvalue weighted by molar-refractivity contribution is -0.147. The molecule has 3 aromatic carbocycles. The largest absolute Gasteiger partial charge is 0.497 e. The molecule has 0 aliphatic carbocycles. The fraction of sp³-hybridized carbons (Fsp3) is 0.367. The molecule has 3 aromatic rings. The molecule has 4 rings (SSSR count).